The zero-order valence-corrected chi connectivity index (χ0v) is 10.2. The van der Waals surface area contributed by atoms with E-state index in [0.717, 1.165) is 17.1 Å². The van der Waals surface area contributed by atoms with E-state index < -0.39 is 0 Å². The van der Waals surface area contributed by atoms with Crippen LogP contribution in [0, 0.1) is 0 Å². The predicted octanol–water partition coefficient (Wildman–Crippen LogP) is 1.79. The van der Waals surface area contributed by atoms with Gasteiger partial charge in [0.2, 0.25) is 6.79 Å². The first-order valence-corrected chi connectivity index (χ1v) is 5.76. The molecule has 0 spiro atoms. The summed E-state index contributed by atoms with van der Waals surface area (Å²) in [6.07, 6.45) is 2.85. The Kier molecular flexibility index (Phi) is 4.17. The topological polar surface area (TPSA) is 57.1 Å². The lowest BCUT2D eigenvalue weighted by Crippen LogP contribution is -2.00. The van der Waals surface area contributed by atoms with Crippen molar-refractivity contribution in [3.05, 3.63) is 23.8 Å². The molecule has 0 unspecified atom stereocenters. The number of nitrogens with zero attached hydrogens (tertiary/aromatic N) is 1. The Bertz CT molecular complexity index is 456. The molecule has 0 fully saturated rings. The highest BCUT2D eigenvalue weighted by atomic mass is 16.7. The van der Waals surface area contributed by atoms with Crippen LogP contribution in [-0.2, 0) is 9.53 Å². The third kappa shape index (κ3) is 3.23. The quantitative estimate of drug-likeness (QED) is 0.453. The minimum Gasteiger partial charge on any atom is -0.469 e. The summed E-state index contributed by atoms with van der Waals surface area (Å²) in [7, 11) is 1.39. The second kappa shape index (κ2) is 6.05. The van der Waals surface area contributed by atoms with Gasteiger partial charge in [0.1, 0.15) is 0 Å². The molecular weight excluding hydrogens is 234 g/mol. The predicted molar refractivity (Wildman–Crippen MR) is 66.3 cm³/mol. The van der Waals surface area contributed by atoms with E-state index >= 15 is 0 Å². The van der Waals surface area contributed by atoms with Gasteiger partial charge in [0.25, 0.3) is 0 Å². The molecule has 0 saturated heterocycles. The number of esters is 1. The summed E-state index contributed by atoms with van der Waals surface area (Å²) in [5, 5.41) is 0. The molecule has 5 heteroatoms. The summed E-state index contributed by atoms with van der Waals surface area (Å²) in [6.45, 7) is 0.874. The highest BCUT2D eigenvalue weighted by Crippen LogP contribution is 2.31. The highest BCUT2D eigenvalue weighted by Gasteiger charge is 2.12. The molecule has 1 aliphatic rings. The van der Waals surface area contributed by atoms with Crippen LogP contribution in [0.5, 0.6) is 11.5 Å². The molecule has 1 aromatic rings. The van der Waals surface area contributed by atoms with E-state index in [2.05, 4.69) is 9.73 Å². The van der Waals surface area contributed by atoms with Gasteiger partial charge in [-0.15, -0.1) is 0 Å². The van der Waals surface area contributed by atoms with Crippen LogP contribution in [-0.4, -0.2) is 32.6 Å². The molecule has 1 aliphatic heterocycles. The second-order valence-electron chi connectivity index (χ2n) is 3.83. The molecule has 0 saturated carbocycles. The zero-order valence-electron chi connectivity index (χ0n) is 10.2. The van der Waals surface area contributed by atoms with Crippen molar-refractivity contribution in [2.24, 2.45) is 4.99 Å². The molecule has 0 radical (unpaired) electrons. The summed E-state index contributed by atoms with van der Waals surface area (Å²) in [6, 6.07) is 5.65. The first kappa shape index (κ1) is 12.4. The normalized spacial score (nSPS) is 12.9. The molecule has 0 aliphatic carbocycles. The van der Waals surface area contributed by atoms with Crippen LogP contribution < -0.4 is 9.47 Å². The summed E-state index contributed by atoms with van der Waals surface area (Å²) in [5.41, 5.74) is 0.956. The number of carbonyl (C=O) groups is 1. The van der Waals surface area contributed by atoms with Crippen molar-refractivity contribution in [1.29, 1.82) is 0 Å². The van der Waals surface area contributed by atoms with Gasteiger partial charge < -0.3 is 14.2 Å². The van der Waals surface area contributed by atoms with Crippen molar-refractivity contribution < 1.29 is 19.0 Å². The molecule has 2 rings (SSSR count). The van der Waals surface area contributed by atoms with Crippen LogP contribution in [0.2, 0.25) is 0 Å². The van der Waals surface area contributed by atoms with E-state index in [0.29, 0.717) is 19.4 Å². The zero-order chi connectivity index (χ0) is 12.8. The fourth-order valence-electron chi connectivity index (χ4n) is 1.58. The summed E-state index contributed by atoms with van der Waals surface area (Å²) >= 11 is 0. The van der Waals surface area contributed by atoms with Crippen molar-refractivity contribution in [2.45, 2.75) is 12.8 Å². The van der Waals surface area contributed by atoms with Crippen molar-refractivity contribution in [2.75, 3.05) is 20.4 Å². The van der Waals surface area contributed by atoms with Crippen LogP contribution in [0.3, 0.4) is 0 Å². The molecule has 0 bridgehead atoms. The van der Waals surface area contributed by atoms with Crippen LogP contribution >= 0.6 is 0 Å². The average molecular weight is 249 g/mol. The van der Waals surface area contributed by atoms with E-state index in [1.807, 2.05) is 18.2 Å². The van der Waals surface area contributed by atoms with Gasteiger partial charge >= 0.3 is 5.97 Å². The lowest BCUT2D eigenvalue weighted by atomic mass is 10.2. The number of carbonyl (C=O) groups excluding carboxylic acids is 1. The smallest absolute Gasteiger partial charge is 0.305 e. The standard InChI is InChI=1S/C13H15NO4/c1-16-13(15)3-2-6-14-8-10-4-5-11-12(7-10)18-9-17-11/h4-5,7-8H,2-3,6,9H2,1H3. The Hall–Kier alpha value is -2.04. The van der Waals surface area contributed by atoms with E-state index in [4.69, 9.17) is 9.47 Å². The average Bonchev–Trinajstić information content (AvgIpc) is 2.85. The largest absolute Gasteiger partial charge is 0.469 e. The van der Waals surface area contributed by atoms with Crippen molar-refractivity contribution in [3.63, 3.8) is 0 Å². The Balaban J connectivity index is 1.80. The lowest BCUT2D eigenvalue weighted by molar-refractivity contribution is -0.140. The van der Waals surface area contributed by atoms with E-state index in [1.54, 1.807) is 6.21 Å². The van der Waals surface area contributed by atoms with Gasteiger partial charge in [0.05, 0.1) is 7.11 Å². The van der Waals surface area contributed by atoms with Crippen LogP contribution in [0.4, 0.5) is 0 Å². The Morgan fingerprint density at radius 1 is 1.44 bits per heavy atom. The number of rotatable bonds is 5. The molecular formula is C13H15NO4. The lowest BCUT2D eigenvalue weighted by Gasteiger charge is -1.98. The number of ether oxygens (including phenoxy) is 3. The molecule has 0 amide bonds. The molecule has 1 aromatic carbocycles. The first-order chi connectivity index (χ1) is 8.79. The molecule has 5 nitrogen and oxygen atoms in total. The SMILES string of the molecule is COC(=O)CCCN=Cc1ccc2c(c1)OCO2. The molecule has 1 heterocycles. The minimum absolute atomic E-state index is 0.201. The molecule has 18 heavy (non-hydrogen) atoms. The number of methoxy groups -OCH3 is 1. The Morgan fingerprint density at radius 3 is 3.11 bits per heavy atom. The maximum Gasteiger partial charge on any atom is 0.305 e. The molecule has 0 N–H and O–H groups in total. The van der Waals surface area contributed by atoms with Crippen molar-refractivity contribution in [1.82, 2.24) is 0 Å². The van der Waals surface area contributed by atoms with Crippen LogP contribution in [0.25, 0.3) is 0 Å². The van der Waals surface area contributed by atoms with Crippen LogP contribution in [0.1, 0.15) is 18.4 Å². The summed E-state index contributed by atoms with van der Waals surface area (Å²) in [4.78, 5) is 15.1. The van der Waals surface area contributed by atoms with Gasteiger partial charge in [-0.1, -0.05) is 0 Å². The van der Waals surface area contributed by atoms with Gasteiger partial charge in [-0.3, -0.25) is 9.79 Å². The number of benzene rings is 1. The van der Waals surface area contributed by atoms with E-state index in [1.165, 1.54) is 7.11 Å². The fourth-order valence-corrected chi connectivity index (χ4v) is 1.58. The van der Waals surface area contributed by atoms with Gasteiger partial charge in [-0.2, -0.15) is 0 Å². The van der Waals surface area contributed by atoms with Crippen molar-refractivity contribution >= 4 is 12.2 Å². The number of hydrogen-bond donors (Lipinski definition) is 0. The third-order valence-electron chi connectivity index (χ3n) is 2.53. The van der Waals surface area contributed by atoms with Crippen LogP contribution in [0.15, 0.2) is 23.2 Å². The van der Waals surface area contributed by atoms with Crippen molar-refractivity contribution in [3.8, 4) is 11.5 Å². The maximum absolute atomic E-state index is 10.9. The van der Waals surface area contributed by atoms with Gasteiger partial charge in [-0.25, -0.2) is 0 Å². The molecule has 0 atom stereocenters. The number of hydrogen-bond acceptors (Lipinski definition) is 5. The third-order valence-corrected chi connectivity index (χ3v) is 2.53. The highest BCUT2D eigenvalue weighted by molar-refractivity contribution is 5.81. The summed E-state index contributed by atoms with van der Waals surface area (Å²) < 4.78 is 15.0. The monoisotopic (exact) mass is 249 g/mol. The van der Waals surface area contributed by atoms with Gasteiger partial charge in [-0.05, 0) is 30.2 Å². The van der Waals surface area contributed by atoms with Gasteiger partial charge in [0, 0.05) is 19.2 Å². The Morgan fingerprint density at radius 2 is 2.28 bits per heavy atom. The fraction of sp³-hybridized carbons (Fsp3) is 0.385. The maximum atomic E-state index is 10.9. The van der Waals surface area contributed by atoms with Gasteiger partial charge in [0.15, 0.2) is 11.5 Å². The Labute approximate surface area is 105 Å². The molecule has 0 aromatic heterocycles. The molecule has 96 valence electrons. The second-order valence-corrected chi connectivity index (χ2v) is 3.83. The first-order valence-electron chi connectivity index (χ1n) is 5.76. The number of fused-ring (bicyclic) bond motifs is 1. The minimum atomic E-state index is -0.201. The summed E-state index contributed by atoms with van der Waals surface area (Å²) in [5.74, 6) is 1.31. The number of aliphatic imine (C=N–C) groups is 1. The van der Waals surface area contributed by atoms with E-state index in [9.17, 15) is 4.79 Å². The van der Waals surface area contributed by atoms with E-state index in [-0.39, 0.29) is 12.8 Å².